The van der Waals surface area contributed by atoms with Gasteiger partial charge in [-0.2, -0.15) is 0 Å². The highest BCUT2D eigenvalue weighted by Gasteiger charge is 2.53. The van der Waals surface area contributed by atoms with Crippen molar-refractivity contribution in [2.24, 2.45) is 5.92 Å². The Labute approximate surface area is 196 Å². The smallest absolute Gasteiger partial charge is 0.287 e. The minimum Gasteiger partial charge on any atom is -0.451 e. The average Bonchev–Trinajstić information content (AvgIpc) is 3.56. The van der Waals surface area contributed by atoms with Crippen LogP contribution in [0.25, 0.3) is 11.3 Å². The van der Waals surface area contributed by atoms with Gasteiger partial charge in [-0.05, 0) is 37.1 Å². The van der Waals surface area contributed by atoms with Crippen LogP contribution in [0.4, 0.5) is 0 Å². The number of alkyl halides is 1. The molecule has 0 radical (unpaired) electrons. The Balaban J connectivity index is 1.23. The van der Waals surface area contributed by atoms with E-state index >= 15 is 0 Å². The number of carbonyl (C=O) groups excluding carboxylic acids is 3. The van der Waals surface area contributed by atoms with E-state index in [1.807, 2.05) is 0 Å². The molecule has 1 saturated carbocycles. The zero-order valence-corrected chi connectivity index (χ0v) is 18.9. The van der Waals surface area contributed by atoms with Gasteiger partial charge < -0.3 is 14.5 Å². The van der Waals surface area contributed by atoms with E-state index in [0.29, 0.717) is 12.3 Å². The number of fused-ring (bicyclic) bond motifs is 1. The molecule has 8 nitrogen and oxygen atoms in total. The molecule has 2 aromatic heterocycles. The first-order chi connectivity index (χ1) is 16.0. The highest BCUT2D eigenvalue weighted by Crippen LogP contribution is 2.38. The van der Waals surface area contributed by atoms with Crippen molar-refractivity contribution in [2.45, 2.75) is 49.2 Å². The third kappa shape index (κ3) is 4.35. The molecule has 2 aromatic rings. The maximum atomic E-state index is 13.2. The van der Waals surface area contributed by atoms with E-state index in [4.69, 9.17) is 20.8 Å². The van der Waals surface area contributed by atoms with E-state index in [-0.39, 0.29) is 60.0 Å². The van der Waals surface area contributed by atoms with Crippen molar-refractivity contribution < 1.29 is 23.5 Å². The Bertz CT molecular complexity index is 1040. The number of hydrogen-bond donors (Lipinski definition) is 1. The van der Waals surface area contributed by atoms with Crippen molar-refractivity contribution in [3.05, 3.63) is 42.4 Å². The number of ketones is 2. The van der Waals surface area contributed by atoms with Gasteiger partial charge in [0.2, 0.25) is 0 Å². The summed E-state index contributed by atoms with van der Waals surface area (Å²) in [5.41, 5.74) is 0.817. The summed E-state index contributed by atoms with van der Waals surface area (Å²) < 4.78 is 11.3. The Morgan fingerprint density at radius 3 is 2.76 bits per heavy atom. The molecule has 2 saturated heterocycles. The third-order valence-electron chi connectivity index (χ3n) is 6.94. The zero-order valence-electron chi connectivity index (χ0n) is 18.1. The van der Waals surface area contributed by atoms with Crippen LogP contribution in [0, 0.1) is 5.92 Å². The largest absolute Gasteiger partial charge is 0.451 e. The molecule has 0 aromatic carbocycles. The molecule has 2 unspecified atom stereocenters. The van der Waals surface area contributed by atoms with Crippen molar-refractivity contribution in [1.29, 1.82) is 0 Å². The number of hydrogen-bond acceptors (Lipinski definition) is 7. The molecule has 0 bridgehead atoms. The fourth-order valence-corrected chi connectivity index (χ4v) is 5.75. The fourth-order valence-electron chi connectivity index (χ4n) is 5.38. The summed E-state index contributed by atoms with van der Waals surface area (Å²) in [6.07, 6.45) is 6.52. The number of Topliss-reactive ketones (excluding diaryl/α,β-unsaturated/α-hetero) is 2. The van der Waals surface area contributed by atoms with Gasteiger partial charge in [-0.3, -0.25) is 24.3 Å². The Hall–Kier alpha value is -2.55. The lowest BCUT2D eigenvalue weighted by Crippen LogP contribution is -2.52. The standard InChI is InChI=1S/C24H26ClN3O5/c25-16-12-28(22-19(30)13-32-23(16)22)17-4-2-1-3-15(17)18(29)11-27-24(31)21-6-5-20(33-21)14-7-9-26-10-8-14/h5-10,15-17,22-23H,1-4,11-13H2,(H,27,31)/t15?,16-,17?,22+,23+/m0/s1. The molecular weight excluding hydrogens is 446 g/mol. The number of nitrogens with one attached hydrogen (secondary N) is 1. The molecule has 3 fully saturated rings. The average molecular weight is 472 g/mol. The summed E-state index contributed by atoms with van der Waals surface area (Å²) in [5, 5.41) is 2.45. The number of ether oxygens (including phenoxy) is 1. The van der Waals surface area contributed by atoms with E-state index in [1.165, 1.54) is 0 Å². The van der Waals surface area contributed by atoms with Crippen molar-refractivity contribution in [3.63, 3.8) is 0 Å². The number of furan rings is 1. The van der Waals surface area contributed by atoms with Crippen LogP contribution in [0.3, 0.4) is 0 Å². The first kappa shape index (κ1) is 22.3. The molecule has 3 aliphatic rings. The lowest BCUT2D eigenvalue weighted by atomic mass is 9.80. The van der Waals surface area contributed by atoms with Crippen LogP contribution in [-0.4, -0.2) is 70.6 Å². The number of nitrogens with zero attached hydrogens (tertiary/aromatic N) is 2. The maximum Gasteiger partial charge on any atom is 0.287 e. The second-order valence-electron chi connectivity index (χ2n) is 8.91. The van der Waals surface area contributed by atoms with Gasteiger partial charge in [-0.25, -0.2) is 0 Å². The predicted octanol–water partition coefficient (Wildman–Crippen LogP) is 2.46. The number of halogens is 1. The summed E-state index contributed by atoms with van der Waals surface area (Å²) >= 11 is 6.46. The number of aromatic nitrogens is 1. The summed E-state index contributed by atoms with van der Waals surface area (Å²) in [6, 6.07) is 6.47. The Kier molecular flexibility index (Phi) is 6.32. The van der Waals surface area contributed by atoms with Gasteiger partial charge in [0.15, 0.2) is 17.3 Å². The SMILES string of the molecule is O=C(NCC(=O)C1CCCCC1N1C[C@H](Cl)[C@H]2OCC(=O)[C@H]21)c1ccc(-c2ccncc2)o1. The second kappa shape index (κ2) is 9.37. The fraction of sp³-hybridized carbons (Fsp3) is 0.500. The normalized spacial score (nSPS) is 29.7. The van der Waals surface area contributed by atoms with E-state index in [9.17, 15) is 14.4 Å². The second-order valence-corrected chi connectivity index (χ2v) is 9.47. The van der Waals surface area contributed by atoms with Gasteiger partial charge in [-0.1, -0.05) is 12.8 Å². The van der Waals surface area contributed by atoms with Crippen molar-refractivity contribution in [3.8, 4) is 11.3 Å². The minimum atomic E-state index is -0.433. The molecule has 2 aliphatic heterocycles. The van der Waals surface area contributed by atoms with Crippen LogP contribution in [0.1, 0.15) is 36.2 Å². The quantitative estimate of drug-likeness (QED) is 0.645. The van der Waals surface area contributed by atoms with Crippen LogP contribution in [0.5, 0.6) is 0 Å². The summed E-state index contributed by atoms with van der Waals surface area (Å²) in [5.74, 6) is 0.0298. The van der Waals surface area contributed by atoms with Crippen molar-refractivity contribution in [1.82, 2.24) is 15.2 Å². The van der Waals surface area contributed by atoms with Crippen LogP contribution in [0.15, 0.2) is 41.1 Å². The summed E-state index contributed by atoms with van der Waals surface area (Å²) in [7, 11) is 0. The molecule has 0 spiro atoms. The Morgan fingerprint density at radius 2 is 1.94 bits per heavy atom. The molecule has 9 heteroatoms. The minimum absolute atomic E-state index is 0.0325. The van der Waals surface area contributed by atoms with Gasteiger partial charge in [0.1, 0.15) is 12.4 Å². The number of carbonyl (C=O) groups is 3. The van der Waals surface area contributed by atoms with Crippen molar-refractivity contribution in [2.75, 3.05) is 19.7 Å². The van der Waals surface area contributed by atoms with Gasteiger partial charge >= 0.3 is 0 Å². The molecule has 5 atom stereocenters. The number of likely N-dealkylation sites (tertiary alicyclic amines) is 1. The topological polar surface area (TPSA) is 102 Å². The third-order valence-corrected chi connectivity index (χ3v) is 7.33. The van der Waals surface area contributed by atoms with Crippen LogP contribution < -0.4 is 5.32 Å². The molecule has 4 heterocycles. The molecule has 1 N–H and O–H groups in total. The monoisotopic (exact) mass is 471 g/mol. The lowest BCUT2D eigenvalue weighted by Gasteiger charge is -2.39. The van der Waals surface area contributed by atoms with E-state index in [1.54, 1.807) is 36.7 Å². The molecule has 1 aliphatic carbocycles. The van der Waals surface area contributed by atoms with Crippen LogP contribution in [-0.2, 0) is 14.3 Å². The lowest BCUT2D eigenvalue weighted by molar-refractivity contribution is -0.128. The van der Waals surface area contributed by atoms with Gasteiger partial charge in [0.25, 0.3) is 5.91 Å². The van der Waals surface area contributed by atoms with E-state index in [0.717, 1.165) is 31.2 Å². The maximum absolute atomic E-state index is 13.2. The first-order valence-electron chi connectivity index (χ1n) is 11.4. The van der Waals surface area contributed by atoms with E-state index < -0.39 is 5.91 Å². The van der Waals surface area contributed by atoms with E-state index in [2.05, 4.69) is 15.2 Å². The number of rotatable bonds is 6. The summed E-state index contributed by atoms with van der Waals surface area (Å²) in [6.45, 7) is 0.538. The zero-order chi connectivity index (χ0) is 22.9. The molecule has 1 amide bonds. The highest BCUT2D eigenvalue weighted by atomic mass is 35.5. The first-order valence-corrected chi connectivity index (χ1v) is 11.8. The van der Waals surface area contributed by atoms with Gasteiger partial charge in [0.05, 0.1) is 24.1 Å². The molecule has 174 valence electrons. The van der Waals surface area contributed by atoms with Gasteiger partial charge in [0, 0.05) is 36.5 Å². The Morgan fingerprint density at radius 1 is 1.15 bits per heavy atom. The highest BCUT2D eigenvalue weighted by molar-refractivity contribution is 6.22. The molecule has 5 rings (SSSR count). The van der Waals surface area contributed by atoms with Crippen molar-refractivity contribution >= 4 is 29.1 Å². The number of amides is 1. The predicted molar refractivity (Wildman–Crippen MR) is 120 cm³/mol. The number of pyridine rings is 1. The summed E-state index contributed by atoms with van der Waals surface area (Å²) in [4.78, 5) is 44.2. The van der Waals surface area contributed by atoms with Crippen LogP contribution >= 0.6 is 11.6 Å². The molecular formula is C24H26ClN3O5. The van der Waals surface area contributed by atoms with Gasteiger partial charge in [-0.15, -0.1) is 11.6 Å². The molecule has 33 heavy (non-hydrogen) atoms. The van der Waals surface area contributed by atoms with Crippen LogP contribution in [0.2, 0.25) is 0 Å².